The number of anilines is 1. The van der Waals surface area contributed by atoms with Crippen molar-refractivity contribution in [1.29, 1.82) is 0 Å². The summed E-state index contributed by atoms with van der Waals surface area (Å²) < 4.78 is 29.5. The van der Waals surface area contributed by atoms with Gasteiger partial charge in [0.1, 0.15) is 10.3 Å². The Hall–Kier alpha value is -1.56. The number of thiophene rings is 1. The molecule has 1 aliphatic rings. The molecule has 0 aliphatic carbocycles. The SMILES string of the molecule is Cc1cc(C)c2nc(N(CCN(C)C)C(=O)C3CCCN3S(=O)(=O)c3ccc(Cl)s3)sc2c1. The van der Waals surface area contributed by atoms with E-state index in [0.29, 0.717) is 41.9 Å². The molecule has 1 aromatic carbocycles. The molecule has 1 aliphatic heterocycles. The van der Waals surface area contributed by atoms with E-state index in [9.17, 15) is 13.2 Å². The number of sulfonamides is 1. The third kappa shape index (κ3) is 4.96. The molecule has 1 amide bonds. The quantitative estimate of drug-likeness (QED) is 0.457. The van der Waals surface area contributed by atoms with Gasteiger partial charge in [-0.15, -0.1) is 11.3 Å². The van der Waals surface area contributed by atoms with Gasteiger partial charge in [-0.3, -0.25) is 9.69 Å². The van der Waals surface area contributed by atoms with E-state index < -0.39 is 16.1 Å². The number of nitrogens with zero attached hydrogens (tertiary/aromatic N) is 4. The summed E-state index contributed by atoms with van der Waals surface area (Å²) in [5.41, 5.74) is 3.09. The predicted molar refractivity (Wildman–Crippen MR) is 136 cm³/mol. The number of aryl methyl sites for hydroxylation is 2. The maximum atomic E-state index is 13.8. The molecule has 0 N–H and O–H groups in total. The Morgan fingerprint density at radius 2 is 1.97 bits per heavy atom. The summed E-state index contributed by atoms with van der Waals surface area (Å²) in [4.78, 5) is 22.3. The summed E-state index contributed by atoms with van der Waals surface area (Å²) in [5, 5.41) is 0.606. The average Bonchev–Trinajstić information content (AvgIpc) is 3.47. The lowest BCUT2D eigenvalue weighted by atomic mass is 10.1. The van der Waals surface area contributed by atoms with Gasteiger partial charge < -0.3 is 4.90 Å². The van der Waals surface area contributed by atoms with Crippen molar-refractivity contribution in [1.82, 2.24) is 14.2 Å². The van der Waals surface area contributed by atoms with Crippen LogP contribution in [0.5, 0.6) is 0 Å². The van der Waals surface area contributed by atoms with Crippen LogP contribution in [-0.4, -0.2) is 68.3 Å². The van der Waals surface area contributed by atoms with E-state index >= 15 is 0 Å². The standard InChI is InChI=1S/C22H27ClN4O3S3/c1-14-12-15(2)20-17(13-14)31-22(24-20)26(11-10-25(3)4)21(28)16-6-5-9-27(16)33(29,30)19-8-7-18(23)32-19/h7-8,12-13,16H,5-6,9-11H2,1-4H3. The van der Waals surface area contributed by atoms with E-state index in [0.717, 1.165) is 32.7 Å². The van der Waals surface area contributed by atoms with Gasteiger partial charge in [0.15, 0.2) is 5.13 Å². The molecule has 1 unspecified atom stereocenters. The van der Waals surface area contributed by atoms with E-state index in [1.807, 2.05) is 32.8 Å². The van der Waals surface area contributed by atoms with Crippen molar-refractivity contribution in [3.63, 3.8) is 0 Å². The van der Waals surface area contributed by atoms with Crippen molar-refractivity contribution in [3.05, 3.63) is 39.7 Å². The van der Waals surface area contributed by atoms with Gasteiger partial charge in [0.2, 0.25) is 5.91 Å². The van der Waals surface area contributed by atoms with Crippen LogP contribution < -0.4 is 4.90 Å². The average molecular weight is 527 g/mol. The minimum absolute atomic E-state index is 0.165. The monoisotopic (exact) mass is 526 g/mol. The van der Waals surface area contributed by atoms with Gasteiger partial charge in [0.25, 0.3) is 10.0 Å². The number of thiazole rings is 1. The number of carbonyl (C=O) groups excluding carboxylic acids is 1. The van der Waals surface area contributed by atoms with Crippen molar-refractivity contribution >= 4 is 65.6 Å². The van der Waals surface area contributed by atoms with Crippen LogP contribution in [0.15, 0.2) is 28.5 Å². The highest BCUT2D eigenvalue weighted by molar-refractivity contribution is 7.91. The van der Waals surface area contributed by atoms with E-state index in [1.54, 1.807) is 11.0 Å². The van der Waals surface area contributed by atoms with Gasteiger partial charge >= 0.3 is 0 Å². The fourth-order valence-electron chi connectivity index (χ4n) is 4.08. The smallest absolute Gasteiger partial charge is 0.253 e. The Kier molecular flexibility index (Phi) is 7.14. The number of carbonyl (C=O) groups is 1. The van der Waals surface area contributed by atoms with Gasteiger partial charge in [0, 0.05) is 19.6 Å². The van der Waals surface area contributed by atoms with Crippen molar-refractivity contribution in [3.8, 4) is 0 Å². The lowest BCUT2D eigenvalue weighted by Gasteiger charge is -2.29. The molecule has 4 rings (SSSR count). The summed E-state index contributed by atoms with van der Waals surface area (Å²) in [7, 11) is 0.0881. The molecular formula is C22H27ClN4O3S3. The number of rotatable bonds is 7. The number of aromatic nitrogens is 1. The minimum atomic E-state index is -3.80. The van der Waals surface area contributed by atoms with Gasteiger partial charge in [0.05, 0.1) is 14.6 Å². The molecular weight excluding hydrogens is 500 g/mol. The topological polar surface area (TPSA) is 73.8 Å². The van der Waals surface area contributed by atoms with Crippen LogP contribution in [0, 0.1) is 13.8 Å². The molecule has 1 saturated heterocycles. The molecule has 0 saturated carbocycles. The van der Waals surface area contributed by atoms with Crippen LogP contribution in [0.25, 0.3) is 10.2 Å². The molecule has 11 heteroatoms. The summed E-state index contributed by atoms with van der Waals surface area (Å²) in [6.07, 6.45) is 1.12. The first-order valence-corrected chi connectivity index (χ1v) is 14.1. The molecule has 3 heterocycles. The second kappa shape index (κ2) is 9.59. The van der Waals surface area contributed by atoms with E-state index in [-0.39, 0.29) is 10.1 Å². The van der Waals surface area contributed by atoms with E-state index in [4.69, 9.17) is 16.6 Å². The van der Waals surface area contributed by atoms with Crippen LogP contribution in [0.4, 0.5) is 5.13 Å². The molecule has 2 aromatic heterocycles. The van der Waals surface area contributed by atoms with Crippen LogP contribution in [-0.2, 0) is 14.8 Å². The summed E-state index contributed by atoms with van der Waals surface area (Å²) in [5.74, 6) is -0.228. The Bertz CT molecular complexity index is 1290. The van der Waals surface area contributed by atoms with Crippen molar-refractivity contribution < 1.29 is 13.2 Å². The first kappa shape index (κ1) is 24.6. The molecule has 0 radical (unpaired) electrons. The van der Waals surface area contributed by atoms with E-state index in [1.165, 1.54) is 21.7 Å². The number of amides is 1. The zero-order valence-corrected chi connectivity index (χ0v) is 22.2. The third-order valence-electron chi connectivity index (χ3n) is 5.69. The fourth-order valence-corrected chi connectivity index (χ4v) is 8.52. The van der Waals surface area contributed by atoms with Crippen molar-refractivity contribution in [2.45, 2.75) is 36.9 Å². The Morgan fingerprint density at radius 3 is 2.64 bits per heavy atom. The van der Waals surface area contributed by atoms with Crippen LogP contribution in [0.2, 0.25) is 4.34 Å². The molecule has 33 heavy (non-hydrogen) atoms. The lowest BCUT2D eigenvalue weighted by molar-refractivity contribution is -0.121. The highest BCUT2D eigenvalue weighted by Crippen LogP contribution is 2.35. The number of benzene rings is 1. The summed E-state index contributed by atoms with van der Waals surface area (Å²) in [6.45, 7) is 5.44. The van der Waals surface area contributed by atoms with Gasteiger partial charge in [-0.2, -0.15) is 4.31 Å². The second-order valence-electron chi connectivity index (χ2n) is 8.55. The Balaban J connectivity index is 1.70. The lowest BCUT2D eigenvalue weighted by Crippen LogP contribution is -2.49. The first-order chi connectivity index (χ1) is 15.6. The number of halogens is 1. The zero-order chi connectivity index (χ0) is 23.9. The molecule has 1 fully saturated rings. The number of hydrogen-bond donors (Lipinski definition) is 0. The molecule has 7 nitrogen and oxygen atoms in total. The Labute approximate surface area is 207 Å². The first-order valence-electron chi connectivity index (χ1n) is 10.7. The van der Waals surface area contributed by atoms with Crippen molar-refractivity contribution in [2.75, 3.05) is 38.6 Å². The third-order valence-corrected chi connectivity index (χ3v) is 10.3. The van der Waals surface area contributed by atoms with Gasteiger partial charge in [-0.05, 0) is 70.1 Å². The minimum Gasteiger partial charge on any atom is -0.308 e. The molecule has 3 aromatic rings. The van der Waals surface area contributed by atoms with Crippen LogP contribution >= 0.6 is 34.3 Å². The molecule has 178 valence electrons. The van der Waals surface area contributed by atoms with Gasteiger partial charge in [-0.25, -0.2) is 13.4 Å². The highest BCUT2D eigenvalue weighted by atomic mass is 35.5. The zero-order valence-electron chi connectivity index (χ0n) is 19.0. The number of likely N-dealkylation sites (N-methyl/N-ethyl adjacent to an activating group) is 1. The van der Waals surface area contributed by atoms with Crippen LogP contribution in [0.1, 0.15) is 24.0 Å². The normalized spacial score (nSPS) is 17.3. The Morgan fingerprint density at radius 1 is 1.21 bits per heavy atom. The molecule has 0 spiro atoms. The molecule has 1 atom stereocenters. The van der Waals surface area contributed by atoms with Gasteiger partial charge in [-0.1, -0.05) is 29.0 Å². The summed E-state index contributed by atoms with van der Waals surface area (Å²) in [6, 6.07) is 6.47. The highest BCUT2D eigenvalue weighted by Gasteiger charge is 2.42. The maximum absolute atomic E-state index is 13.8. The van der Waals surface area contributed by atoms with Crippen molar-refractivity contribution in [2.24, 2.45) is 0 Å². The van der Waals surface area contributed by atoms with Crippen LogP contribution in [0.3, 0.4) is 0 Å². The molecule has 0 bridgehead atoms. The fraction of sp³-hybridized carbons (Fsp3) is 0.455. The summed E-state index contributed by atoms with van der Waals surface area (Å²) >= 11 is 8.47. The number of fused-ring (bicyclic) bond motifs is 1. The van der Waals surface area contributed by atoms with E-state index in [2.05, 4.69) is 12.1 Å². The maximum Gasteiger partial charge on any atom is 0.253 e. The number of hydrogen-bond acceptors (Lipinski definition) is 7. The second-order valence-corrected chi connectivity index (χ2v) is 13.4. The predicted octanol–water partition coefficient (Wildman–Crippen LogP) is 4.38. The largest absolute Gasteiger partial charge is 0.308 e.